The van der Waals surface area contributed by atoms with E-state index >= 15 is 0 Å². The number of aliphatic imine (C=N–C) groups is 1. The van der Waals surface area contributed by atoms with Crippen molar-refractivity contribution in [3.8, 4) is 0 Å². The van der Waals surface area contributed by atoms with Gasteiger partial charge in [0.1, 0.15) is 0 Å². The normalized spacial score (nSPS) is 22.0. The van der Waals surface area contributed by atoms with Crippen LogP contribution in [-0.2, 0) is 0 Å². The molecule has 2 aliphatic rings. The molecular weight excluding hydrogens is 367 g/mol. The van der Waals surface area contributed by atoms with E-state index in [0.29, 0.717) is 31.1 Å². The molecule has 2 saturated heterocycles. The Balaban J connectivity index is 1.70. The van der Waals surface area contributed by atoms with Gasteiger partial charge in [-0.1, -0.05) is 0 Å². The van der Waals surface area contributed by atoms with Gasteiger partial charge < -0.3 is 15.5 Å². The third-order valence-electron chi connectivity index (χ3n) is 5.86. The number of piperidine rings is 2. The molecule has 0 aliphatic carbocycles. The lowest BCUT2D eigenvalue weighted by molar-refractivity contribution is -0.148. The summed E-state index contributed by atoms with van der Waals surface area (Å²) < 4.78 is 37.4. The zero-order valence-corrected chi connectivity index (χ0v) is 17.7. The van der Waals surface area contributed by atoms with E-state index in [4.69, 9.17) is 4.99 Å². The Morgan fingerprint density at radius 2 is 1.71 bits per heavy atom. The number of hydrogen-bond donors (Lipinski definition) is 2. The molecule has 0 aromatic heterocycles. The van der Waals surface area contributed by atoms with Crippen molar-refractivity contribution >= 4 is 5.96 Å². The number of likely N-dealkylation sites (tertiary alicyclic amines) is 2. The SMILES string of the molecule is CCNC(=NCCC1CCN(CC(F)(F)F)CC1)NC1CCN(C(C)C)CC1. The van der Waals surface area contributed by atoms with Gasteiger partial charge in [-0.2, -0.15) is 13.2 Å². The quantitative estimate of drug-likeness (QED) is 0.505. The first-order valence-electron chi connectivity index (χ1n) is 10.8. The Bertz CT molecular complexity index is 465. The fourth-order valence-electron chi connectivity index (χ4n) is 4.12. The molecule has 0 aromatic rings. The maximum absolute atomic E-state index is 12.5. The van der Waals surface area contributed by atoms with Gasteiger partial charge in [-0.25, -0.2) is 0 Å². The highest BCUT2D eigenvalue weighted by atomic mass is 19.4. The number of rotatable bonds is 7. The van der Waals surface area contributed by atoms with Crippen LogP contribution in [0.25, 0.3) is 0 Å². The fourth-order valence-corrected chi connectivity index (χ4v) is 4.12. The van der Waals surface area contributed by atoms with Crippen molar-refractivity contribution in [1.82, 2.24) is 20.4 Å². The number of hydrogen-bond acceptors (Lipinski definition) is 3. The zero-order valence-electron chi connectivity index (χ0n) is 17.7. The van der Waals surface area contributed by atoms with Gasteiger partial charge in [0, 0.05) is 38.3 Å². The molecule has 2 heterocycles. The Morgan fingerprint density at radius 1 is 1.07 bits per heavy atom. The average Bonchev–Trinajstić information content (AvgIpc) is 2.62. The summed E-state index contributed by atoms with van der Waals surface area (Å²) in [5.41, 5.74) is 0. The number of nitrogens with one attached hydrogen (secondary N) is 2. The van der Waals surface area contributed by atoms with Crippen LogP contribution >= 0.6 is 0 Å². The van der Waals surface area contributed by atoms with E-state index in [1.54, 1.807) is 0 Å². The molecular formula is C20H38F3N5. The van der Waals surface area contributed by atoms with Crippen LogP contribution in [0.3, 0.4) is 0 Å². The molecule has 2 N–H and O–H groups in total. The monoisotopic (exact) mass is 405 g/mol. The molecule has 0 radical (unpaired) electrons. The standard InChI is InChI=1S/C20H38F3N5/c1-4-24-19(26-18-8-13-28(14-9-18)16(2)3)25-10-5-17-6-11-27(12-7-17)15-20(21,22)23/h16-18H,4-15H2,1-3H3,(H2,24,25,26). The first-order valence-corrected chi connectivity index (χ1v) is 10.8. The van der Waals surface area contributed by atoms with Crippen molar-refractivity contribution < 1.29 is 13.2 Å². The van der Waals surface area contributed by atoms with Crippen molar-refractivity contribution in [2.24, 2.45) is 10.9 Å². The zero-order chi connectivity index (χ0) is 20.6. The molecule has 0 aromatic carbocycles. The van der Waals surface area contributed by atoms with Crippen LogP contribution < -0.4 is 10.6 Å². The largest absolute Gasteiger partial charge is 0.401 e. The lowest BCUT2D eigenvalue weighted by atomic mass is 9.93. The van der Waals surface area contributed by atoms with Crippen molar-refractivity contribution in [3.63, 3.8) is 0 Å². The van der Waals surface area contributed by atoms with Crippen LogP contribution in [0.15, 0.2) is 4.99 Å². The molecule has 2 aliphatic heterocycles. The maximum Gasteiger partial charge on any atom is 0.401 e. The highest BCUT2D eigenvalue weighted by Gasteiger charge is 2.32. The lowest BCUT2D eigenvalue weighted by Gasteiger charge is -2.35. The predicted octanol–water partition coefficient (Wildman–Crippen LogP) is 3.08. The summed E-state index contributed by atoms with van der Waals surface area (Å²) >= 11 is 0. The van der Waals surface area contributed by atoms with E-state index in [1.807, 2.05) is 0 Å². The van der Waals surface area contributed by atoms with E-state index in [0.717, 1.165) is 64.2 Å². The Morgan fingerprint density at radius 3 is 2.25 bits per heavy atom. The molecule has 28 heavy (non-hydrogen) atoms. The third kappa shape index (κ3) is 8.55. The van der Waals surface area contributed by atoms with Gasteiger partial charge in [0.25, 0.3) is 0 Å². The van der Waals surface area contributed by atoms with Crippen LogP contribution in [0, 0.1) is 5.92 Å². The smallest absolute Gasteiger partial charge is 0.357 e. The summed E-state index contributed by atoms with van der Waals surface area (Å²) in [5.74, 6) is 1.35. The second-order valence-corrected chi connectivity index (χ2v) is 8.43. The molecule has 0 saturated carbocycles. The van der Waals surface area contributed by atoms with Gasteiger partial charge in [-0.15, -0.1) is 0 Å². The fraction of sp³-hybridized carbons (Fsp3) is 0.950. The second-order valence-electron chi connectivity index (χ2n) is 8.43. The number of alkyl halides is 3. The molecule has 0 atom stereocenters. The van der Waals surface area contributed by atoms with Gasteiger partial charge in [-0.05, 0) is 71.9 Å². The van der Waals surface area contributed by atoms with Crippen LogP contribution in [0.4, 0.5) is 13.2 Å². The summed E-state index contributed by atoms with van der Waals surface area (Å²) in [5, 5.41) is 6.89. The summed E-state index contributed by atoms with van der Waals surface area (Å²) in [4.78, 5) is 8.75. The van der Waals surface area contributed by atoms with Crippen LogP contribution in [0.5, 0.6) is 0 Å². The molecule has 8 heteroatoms. The van der Waals surface area contributed by atoms with E-state index < -0.39 is 12.7 Å². The van der Waals surface area contributed by atoms with Crippen LogP contribution in [0.2, 0.25) is 0 Å². The van der Waals surface area contributed by atoms with Gasteiger partial charge in [0.05, 0.1) is 6.54 Å². The first kappa shape index (κ1) is 23.3. The minimum atomic E-state index is -4.09. The van der Waals surface area contributed by atoms with Crippen LogP contribution in [0.1, 0.15) is 52.9 Å². The molecule has 0 spiro atoms. The highest BCUT2D eigenvalue weighted by molar-refractivity contribution is 5.80. The lowest BCUT2D eigenvalue weighted by Crippen LogP contribution is -2.49. The van der Waals surface area contributed by atoms with Gasteiger partial charge in [0.15, 0.2) is 5.96 Å². The van der Waals surface area contributed by atoms with Crippen molar-refractivity contribution in [3.05, 3.63) is 0 Å². The van der Waals surface area contributed by atoms with E-state index in [1.165, 1.54) is 4.90 Å². The summed E-state index contributed by atoms with van der Waals surface area (Å²) in [6, 6.07) is 1.06. The number of nitrogens with zero attached hydrogens (tertiary/aromatic N) is 3. The molecule has 164 valence electrons. The summed E-state index contributed by atoms with van der Waals surface area (Å²) in [6.07, 6.45) is 0.782. The van der Waals surface area contributed by atoms with E-state index in [2.05, 4.69) is 36.3 Å². The van der Waals surface area contributed by atoms with Gasteiger partial charge >= 0.3 is 6.18 Å². The molecule has 0 amide bonds. The third-order valence-corrected chi connectivity index (χ3v) is 5.86. The van der Waals surface area contributed by atoms with Gasteiger partial charge in [0.2, 0.25) is 0 Å². The molecule has 0 bridgehead atoms. The minimum Gasteiger partial charge on any atom is -0.357 e. The highest BCUT2D eigenvalue weighted by Crippen LogP contribution is 2.24. The Hall–Kier alpha value is -1.02. The second kappa shape index (κ2) is 11.2. The van der Waals surface area contributed by atoms with E-state index in [9.17, 15) is 13.2 Å². The molecule has 2 fully saturated rings. The Labute approximate surface area is 168 Å². The van der Waals surface area contributed by atoms with Crippen molar-refractivity contribution in [2.75, 3.05) is 45.8 Å². The minimum absolute atomic E-state index is 0.457. The van der Waals surface area contributed by atoms with Gasteiger partial charge in [-0.3, -0.25) is 9.89 Å². The van der Waals surface area contributed by atoms with Crippen molar-refractivity contribution in [2.45, 2.75) is 71.1 Å². The van der Waals surface area contributed by atoms with Crippen LogP contribution in [-0.4, -0.2) is 79.8 Å². The number of guanidine groups is 1. The molecule has 2 rings (SSSR count). The van der Waals surface area contributed by atoms with Crippen molar-refractivity contribution in [1.29, 1.82) is 0 Å². The molecule has 0 unspecified atom stereocenters. The maximum atomic E-state index is 12.5. The Kier molecular flexibility index (Phi) is 9.34. The summed E-state index contributed by atoms with van der Waals surface area (Å²) in [6.45, 7) is 10.6. The summed E-state index contributed by atoms with van der Waals surface area (Å²) in [7, 11) is 0. The number of halogens is 3. The first-order chi connectivity index (χ1) is 13.3. The molecule has 5 nitrogen and oxygen atoms in total. The topological polar surface area (TPSA) is 42.9 Å². The average molecular weight is 406 g/mol. The predicted molar refractivity (Wildman–Crippen MR) is 109 cm³/mol. The van der Waals surface area contributed by atoms with E-state index in [-0.39, 0.29) is 0 Å².